The van der Waals surface area contributed by atoms with Crippen molar-refractivity contribution >= 4 is 11.7 Å². The minimum Gasteiger partial charge on any atom is -0.461 e. The van der Waals surface area contributed by atoms with Gasteiger partial charge in [0, 0.05) is 36.5 Å². The second-order valence-electron chi connectivity index (χ2n) is 13.6. The second kappa shape index (κ2) is 11.8. The molecule has 220 valence electrons. The van der Waals surface area contributed by atoms with Crippen LogP contribution < -0.4 is 10.2 Å². The summed E-state index contributed by atoms with van der Waals surface area (Å²) in [7, 11) is 0. The molecule has 7 nitrogen and oxygen atoms in total. The van der Waals surface area contributed by atoms with E-state index < -0.39 is 23.8 Å². The Labute approximate surface area is 240 Å². The molecule has 0 spiro atoms. The lowest BCUT2D eigenvalue weighted by atomic mass is 9.81. The van der Waals surface area contributed by atoms with Crippen LogP contribution >= 0.6 is 0 Å². The summed E-state index contributed by atoms with van der Waals surface area (Å²) in [5.41, 5.74) is 7.11. The van der Waals surface area contributed by atoms with Crippen LogP contribution in [0.4, 0.5) is 5.69 Å². The van der Waals surface area contributed by atoms with Gasteiger partial charge in [0.2, 0.25) is 0 Å². The highest BCUT2D eigenvalue weighted by Crippen LogP contribution is 2.46. The summed E-state index contributed by atoms with van der Waals surface area (Å²) in [6.45, 7) is 21.4. The standard InChI is InChI=1S/C33H49N3O4/c1-20(2)39-31(38)30(40-32(5,6)7)26-21(3)35-28(22(4)37)27(29(26)36-16-13-33(8,9)14-17-36)24-10-11-25-19-34-15-12-23(25)18-24/h10-11,18,20,22,30,34,37H,12-17,19H2,1-9H3. The number of aryl methyl sites for hydroxylation is 1. The first-order valence-electron chi connectivity index (χ1n) is 14.9. The third kappa shape index (κ3) is 6.87. The summed E-state index contributed by atoms with van der Waals surface area (Å²) in [5.74, 6) is -0.416. The summed E-state index contributed by atoms with van der Waals surface area (Å²) < 4.78 is 12.3. The molecule has 40 heavy (non-hydrogen) atoms. The Balaban J connectivity index is 2.03. The van der Waals surface area contributed by atoms with Crippen LogP contribution in [0.2, 0.25) is 0 Å². The molecule has 0 bridgehead atoms. The number of aliphatic hydroxyl groups excluding tert-OH is 1. The molecule has 1 saturated heterocycles. The minimum atomic E-state index is -0.955. The molecule has 3 heterocycles. The molecular formula is C33H49N3O4. The maximum absolute atomic E-state index is 13.7. The average Bonchev–Trinajstić information content (AvgIpc) is 2.85. The Morgan fingerprint density at radius 2 is 1.80 bits per heavy atom. The fraction of sp³-hybridized carbons (Fsp3) is 0.636. The Morgan fingerprint density at radius 1 is 1.12 bits per heavy atom. The number of carbonyl (C=O) groups is 1. The van der Waals surface area contributed by atoms with Gasteiger partial charge in [-0.1, -0.05) is 32.0 Å². The fourth-order valence-corrected chi connectivity index (χ4v) is 5.79. The van der Waals surface area contributed by atoms with Crippen molar-refractivity contribution < 1.29 is 19.4 Å². The van der Waals surface area contributed by atoms with Crippen molar-refractivity contribution in [1.29, 1.82) is 0 Å². The maximum atomic E-state index is 13.7. The lowest BCUT2D eigenvalue weighted by molar-refractivity contribution is -0.171. The number of carbonyl (C=O) groups excluding carboxylic acids is 1. The van der Waals surface area contributed by atoms with Crippen LogP contribution in [0.5, 0.6) is 0 Å². The van der Waals surface area contributed by atoms with Gasteiger partial charge >= 0.3 is 5.97 Å². The Kier molecular flexibility index (Phi) is 8.98. The Hall–Kier alpha value is -2.48. The number of nitrogens with one attached hydrogen (secondary N) is 1. The van der Waals surface area contributed by atoms with Crippen LogP contribution in [0.15, 0.2) is 18.2 Å². The zero-order valence-electron chi connectivity index (χ0n) is 26.0. The number of hydrogen-bond donors (Lipinski definition) is 2. The number of esters is 1. The van der Waals surface area contributed by atoms with Crippen LogP contribution in [-0.4, -0.2) is 47.4 Å². The van der Waals surface area contributed by atoms with Crippen molar-refractivity contribution in [2.45, 2.75) is 112 Å². The molecule has 0 saturated carbocycles. The number of aliphatic hydroxyl groups is 1. The van der Waals surface area contributed by atoms with E-state index >= 15 is 0 Å². The molecule has 0 aliphatic carbocycles. The largest absolute Gasteiger partial charge is 0.461 e. The smallest absolute Gasteiger partial charge is 0.340 e. The third-order valence-corrected chi connectivity index (χ3v) is 7.94. The van der Waals surface area contributed by atoms with E-state index in [4.69, 9.17) is 14.5 Å². The number of nitrogens with zero attached hydrogens (tertiary/aromatic N) is 2. The number of benzene rings is 1. The number of piperidine rings is 1. The topological polar surface area (TPSA) is 83.9 Å². The van der Waals surface area contributed by atoms with Gasteiger partial charge in [-0.25, -0.2) is 4.79 Å². The second-order valence-corrected chi connectivity index (χ2v) is 13.6. The van der Waals surface area contributed by atoms with Gasteiger partial charge in [-0.15, -0.1) is 0 Å². The highest BCUT2D eigenvalue weighted by atomic mass is 16.6. The lowest BCUT2D eigenvalue weighted by Crippen LogP contribution is -2.40. The Bertz CT molecular complexity index is 1220. The van der Waals surface area contributed by atoms with Crippen molar-refractivity contribution in [2.24, 2.45) is 5.41 Å². The summed E-state index contributed by atoms with van der Waals surface area (Å²) in [6, 6.07) is 6.57. The molecule has 1 aromatic heterocycles. The van der Waals surface area contributed by atoms with E-state index in [0.717, 1.165) is 67.8 Å². The molecular weight excluding hydrogens is 502 g/mol. The zero-order chi connectivity index (χ0) is 29.4. The summed E-state index contributed by atoms with van der Waals surface area (Å²) in [6.07, 6.45) is 0.969. The number of pyridine rings is 1. The first-order chi connectivity index (χ1) is 18.7. The number of aromatic nitrogens is 1. The molecule has 0 radical (unpaired) electrons. The molecule has 2 aromatic rings. The summed E-state index contributed by atoms with van der Waals surface area (Å²) >= 11 is 0. The normalized spacial score (nSPS) is 18.8. The van der Waals surface area contributed by atoms with Gasteiger partial charge in [0.1, 0.15) is 0 Å². The van der Waals surface area contributed by atoms with E-state index in [2.05, 4.69) is 42.3 Å². The van der Waals surface area contributed by atoms with Gasteiger partial charge in [0.05, 0.1) is 29.2 Å². The van der Waals surface area contributed by atoms with Crippen LogP contribution in [0.3, 0.4) is 0 Å². The summed E-state index contributed by atoms with van der Waals surface area (Å²) in [4.78, 5) is 21.1. The van der Waals surface area contributed by atoms with Gasteiger partial charge in [0.15, 0.2) is 6.10 Å². The van der Waals surface area contributed by atoms with Gasteiger partial charge in [-0.3, -0.25) is 4.98 Å². The van der Waals surface area contributed by atoms with Crippen LogP contribution in [0.25, 0.3) is 11.1 Å². The van der Waals surface area contributed by atoms with Gasteiger partial charge in [0.25, 0.3) is 0 Å². The minimum absolute atomic E-state index is 0.239. The highest BCUT2D eigenvalue weighted by molar-refractivity contribution is 5.89. The number of ether oxygens (including phenoxy) is 2. The average molecular weight is 552 g/mol. The predicted octanol–water partition coefficient (Wildman–Crippen LogP) is 6.19. The van der Waals surface area contributed by atoms with Crippen molar-refractivity contribution in [2.75, 3.05) is 24.5 Å². The Morgan fingerprint density at radius 3 is 2.40 bits per heavy atom. The zero-order valence-corrected chi connectivity index (χ0v) is 26.0. The molecule has 2 N–H and O–H groups in total. The number of anilines is 1. The predicted molar refractivity (Wildman–Crippen MR) is 160 cm³/mol. The van der Waals surface area contributed by atoms with Crippen molar-refractivity contribution in [1.82, 2.24) is 10.3 Å². The maximum Gasteiger partial charge on any atom is 0.340 e. The highest BCUT2D eigenvalue weighted by Gasteiger charge is 2.38. The number of hydrogen-bond acceptors (Lipinski definition) is 7. The van der Waals surface area contributed by atoms with Gasteiger partial charge < -0.3 is 24.8 Å². The molecule has 2 aliphatic rings. The van der Waals surface area contributed by atoms with Gasteiger partial charge in [-0.2, -0.15) is 0 Å². The number of fused-ring (bicyclic) bond motifs is 1. The summed E-state index contributed by atoms with van der Waals surface area (Å²) in [5, 5.41) is 14.5. The molecule has 7 heteroatoms. The van der Waals surface area contributed by atoms with Crippen molar-refractivity contribution in [3.8, 4) is 11.1 Å². The van der Waals surface area contributed by atoms with Crippen molar-refractivity contribution in [3.05, 3.63) is 46.3 Å². The molecule has 1 fully saturated rings. The first-order valence-corrected chi connectivity index (χ1v) is 14.9. The molecule has 1 aromatic carbocycles. The van der Waals surface area contributed by atoms with E-state index in [1.165, 1.54) is 11.1 Å². The van der Waals surface area contributed by atoms with Gasteiger partial charge in [-0.05, 0) is 96.4 Å². The molecule has 2 atom stereocenters. The van der Waals surface area contributed by atoms with E-state index in [-0.39, 0.29) is 11.5 Å². The van der Waals surface area contributed by atoms with Crippen LogP contribution in [0, 0.1) is 12.3 Å². The quantitative estimate of drug-likeness (QED) is 0.397. The molecule has 4 rings (SSSR count). The first kappa shape index (κ1) is 30.5. The van der Waals surface area contributed by atoms with Crippen LogP contribution in [-0.2, 0) is 27.2 Å². The van der Waals surface area contributed by atoms with E-state index in [9.17, 15) is 9.90 Å². The molecule has 2 unspecified atom stereocenters. The molecule has 0 amide bonds. The van der Waals surface area contributed by atoms with E-state index in [0.29, 0.717) is 11.4 Å². The molecule has 2 aliphatic heterocycles. The van der Waals surface area contributed by atoms with Crippen LogP contribution in [0.1, 0.15) is 109 Å². The SMILES string of the molecule is Cc1nc(C(C)O)c(-c2ccc3c(c2)CCNC3)c(N2CCC(C)(C)CC2)c1C(OC(C)(C)C)C(=O)OC(C)C. The lowest BCUT2D eigenvalue weighted by Gasteiger charge is -2.41. The third-order valence-electron chi connectivity index (χ3n) is 7.94. The van der Waals surface area contributed by atoms with E-state index in [1.807, 2.05) is 41.5 Å². The number of rotatable bonds is 7. The monoisotopic (exact) mass is 551 g/mol. The fourth-order valence-electron chi connectivity index (χ4n) is 5.79. The van der Waals surface area contributed by atoms with E-state index in [1.54, 1.807) is 6.92 Å². The van der Waals surface area contributed by atoms with Crippen molar-refractivity contribution in [3.63, 3.8) is 0 Å².